The van der Waals surface area contributed by atoms with Gasteiger partial charge >= 0.3 is 11.8 Å². The summed E-state index contributed by atoms with van der Waals surface area (Å²) in [6, 6.07) is 9.92. The molecule has 1 aromatic heterocycles. The van der Waals surface area contributed by atoms with Crippen molar-refractivity contribution in [2.24, 2.45) is 0 Å². The van der Waals surface area contributed by atoms with Crippen LogP contribution in [0.5, 0.6) is 0 Å². The second-order valence-corrected chi connectivity index (χ2v) is 5.89. The Kier molecular flexibility index (Phi) is 4.54. The molecule has 0 amide bonds. The number of anilines is 1. The zero-order valence-corrected chi connectivity index (χ0v) is 14.0. The molecule has 0 bridgehead atoms. The predicted molar refractivity (Wildman–Crippen MR) is 95.0 cm³/mol. The van der Waals surface area contributed by atoms with Crippen LogP contribution in [0.3, 0.4) is 0 Å². The average molecular weight is 360 g/mol. The van der Waals surface area contributed by atoms with Crippen LogP contribution < -0.4 is 10.5 Å². The maximum absolute atomic E-state index is 12.6. The van der Waals surface area contributed by atoms with Gasteiger partial charge in [-0.05, 0) is 35.9 Å². The molecule has 1 heterocycles. The summed E-state index contributed by atoms with van der Waals surface area (Å²) >= 11 is 0. The minimum atomic E-state index is -4.38. The molecule has 134 valence electrons. The summed E-state index contributed by atoms with van der Waals surface area (Å²) in [5.74, 6) is 0. The van der Waals surface area contributed by atoms with Gasteiger partial charge in [-0.1, -0.05) is 18.2 Å². The van der Waals surface area contributed by atoms with Crippen molar-refractivity contribution in [2.45, 2.75) is 6.18 Å². The second-order valence-electron chi connectivity index (χ2n) is 5.89. The van der Waals surface area contributed by atoms with E-state index in [1.54, 1.807) is 12.1 Å². The summed E-state index contributed by atoms with van der Waals surface area (Å²) in [7, 11) is 3.74. The first-order valence-corrected chi connectivity index (χ1v) is 7.71. The van der Waals surface area contributed by atoms with Crippen molar-refractivity contribution >= 4 is 28.9 Å². The van der Waals surface area contributed by atoms with Crippen molar-refractivity contribution in [1.29, 1.82) is 0 Å². The molecular weight excluding hydrogens is 345 g/mol. The molecule has 3 rings (SSSR count). The number of hydrogen-bond donors (Lipinski definition) is 0. The highest BCUT2D eigenvalue weighted by atomic mass is 19.4. The monoisotopic (exact) mass is 360 g/mol. The van der Waals surface area contributed by atoms with E-state index < -0.39 is 17.4 Å². The molecule has 0 N–H and O–H groups in total. The molecule has 26 heavy (non-hydrogen) atoms. The quantitative estimate of drug-likeness (QED) is 0.693. The molecule has 0 aliphatic rings. The van der Waals surface area contributed by atoms with Crippen LogP contribution in [0.25, 0.3) is 23.3 Å². The lowest BCUT2D eigenvalue weighted by Gasteiger charge is -2.12. The molecule has 0 radical (unpaired) electrons. The summed E-state index contributed by atoms with van der Waals surface area (Å²) in [6.45, 7) is 0. The van der Waals surface area contributed by atoms with Gasteiger partial charge in [-0.25, -0.2) is 9.78 Å². The van der Waals surface area contributed by atoms with Gasteiger partial charge in [0.2, 0.25) is 0 Å². The summed E-state index contributed by atoms with van der Waals surface area (Å²) in [6.07, 6.45) is -1.44. The first-order valence-electron chi connectivity index (χ1n) is 7.71. The Labute approximate surface area is 147 Å². The minimum Gasteiger partial charge on any atom is -0.419 e. The minimum absolute atomic E-state index is 0.0787. The standard InChI is InChI=1S/C19H15F3N2O2/c1-24(2)14-8-10-15-17(11-14)26-18(25)16(23-15)9-5-12-3-6-13(7-4-12)19(20,21)22/h3-11H,1-2H3. The number of aromatic nitrogens is 1. The number of hydrogen-bond acceptors (Lipinski definition) is 4. The van der Waals surface area contributed by atoms with Gasteiger partial charge < -0.3 is 9.32 Å². The van der Waals surface area contributed by atoms with Gasteiger partial charge in [0.1, 0.15) is 11.2 Å². The molecule has 2 aromatic carbocycles. The van der Waals surface area contributed by atoms with Crippen LogP contribution in [0.4, 0.5) is 18.9 Å². The summed E-state index contributed by atoms with van der Waals surface area (Å²) in [4.78, 5) is 18.2. The molecular formula is C19H15F3N2O2. The Bertz CT molecular complexity index is 1020. The van der Waals surface area contributed by atoms with E-state index in [-0.39, 0.29) is 5.69 Å². The van der Waals surface area contributed by atoms with Crippen molar-refractivity contribution in [3.05, 3.63) is 69.7 Å². The molecule has 0 saturated carbocycles. The van der Waals surface area contributed by atoms with Gasteiger partial charge in [0.15, 0.2) is 5.58 Å². The molecule has 0 aliphatic carbocycles. The number of fused-ring (bicyclic) bond motifs is 1. The van der Waals surface area contributed by atoms with Crippen LogP contribution >= 0.6 is 0 Å². The molecule has 0 unspecified atom stereocenters. The fourth-order valence-electron chi connectivity index (χ4n) is 2.35. The lowest BCUT2D eigenvalue weighted by Crippen LogP contribution is -2.09. The van der Waals surface area contributed by atoms with E-state index in [0.29, 0.717) is 16.7 Å². The Morgan fingerprint density at radius 1 is 1.04 bits per heavy atom. The molecule has 4 nitrogen and oxygen atoms in total. The Balaban J connectivity index is 1.91. The fraction of sp³-hybridized carbons (Fsp3) is 0.158. The van der Waals surface area contributed by atoms with Crippen LogP contribution in [-0.2, 0) is 6.18 Å². The van der Waals surface area contributed by atoms with Gasteiger partial charge in [0, 0.05) is 25.8 Å². The number of rotatable bonds is 3. The first kappa shape index (κ1) is 17.7. The lowest BCUT2D eigenvalue weighted by molar-refractivity contribution is -0.137. The largest absolute Gasteiger partial charge is 0.419 e. The van der Waals surface area contributed by atoms with Crippen LogP contribution in [0, 0.1) is 0 Å². The van der Waals surface area contributed by atoms with E-state index in [1.807, 2.05) is 25.1 Å². The van der Waals surface area contributed by atoms with E-state index in [4.69, 9.17) is 4.42 Å². The fourth-order valence-corrected chi connectivity index (χ4v) is 2.35. The van der Waals surface area contributed by atoms with Crippen molar-refractivity contribution in [3.8, 4) is 0 Å². The first-order chi connectivity index (χ1) is 12.2. The Morgan fingerprint density at radius 2 is 1.73 bits per heavy atom. The summed E-state index contributed by atoms with van der Waals surface area (Å²) < 4.78 is 43.0. The van der Waals surface area contributed by atoms with E-state index in [9.17, 15) is 18.0 Å². The third kappa shape index (κ3) is 3.77. The van der Waals surface area contributed by atoms with Gasteiger partial charge in [0.25, 0.3) is 0 Å². The molecule has 0 atom stereocenters. The highest BCUT2D eigenvalue weighted by Crippen LogP contribution is 2.29. The molecule has 0 aliphatic heterocycles. The Morgan fingerprint density at radius 3 is 2.35 bits per heavy atom. The molecule has 7 heteroatoms. The number of halogens is 3. The second kappa shape index (κ2) is 6.67. The predicted octanol–water partition coefficient (Wildman–Crippen LogP) is 4.44. The average Bonchev–Trinajstić information content (AvgIpc) is 2.59. The number of benzene rings is 2. The number of nitrogens with zero attached hydrogens (tertiary/aromatic N) is 2. The lowest BCUT2D eigenvalue weighted by atomic mass is 10.1. The van der Waals surface area contributed by atoms with Crippen LogP contribution in [0.1, 0.15) is 16.8 Å². The smallest absolute Gasteiger partial charge is 0.416 e. The van der Waals surface area contributed by atoms with E-state index >= 15 is 0 Å². The SMILES string of the molecule is CN(C)c1ccc2nc(C=Cc3ccc(C(F)(F)F)cc3)c(=O)oc2c1. The van der Waals surface area contributed by atoms with Crippen LogP contribution in [-0.4, -0.2) is 19.1 Å². The number of alkyl halides is 3. The van der Waals surface area contributed by atoms with Crippen LogP contribution in [0.15, 0.2) is 51.7 Å². The van der Waals surface area contributed by atoms with E-state index in [1.165, 1.54) is 24.3 Å². The van der Waals surface area contributed by atoms with Crippen molar-refractivity contribution in [3.63, 3.8) is 0 Å². The topological polar surface area (TPSA) is 46.3 Å². The van der Waals surface area contributed by atoms with Crippen molar-refractivity contribution in [1.82, 2.24) is 4.98 Å². The maximum Gasteiger partial charge on any atom is 0.416 e. The van der Waals surface area contributed by atoms with Gasteiger partial charge in [-0.2, -0.15) is 13.2 Å². The molecule has 0 saturated heterocycles. The van der Waals surface area contributed by atoms with Crippen molar-refractivity contribution < 1.29 is 17.6 Å². The molecule has 3 aromatic rings. The highest BCUT2D eigenvalue weighted by Gasteiger charge is 2.29. The third-order valence-electron chi connectivity index (χ3n) is 3.78. The normalized spacial score (nSPS) is 12.0. The molecule has 0 fully saturated rings. The zero-order valence-electron chi connectivity index (χ0n) is 14.0. The zero-order chi connectivity index (χ0) is 18.9. The highest BCUT2D eigenvalue weighted by molar-refractivity contribution is 5.78. The van der Waals surface area contributed by atoms with Gasteiger partial charge in [-0.3, -0.25) is 0 Å². The van der Waals surface area contributed by atoms with Gasteiger partial charge in [-0.15, -0.1) is 0 Å². The Hall–Kier alpha value is -3.09. The summed E-state index contributed by atoms with van der Waals surface area (Å²) in [5.41, 5.74) is 1.01. The maximum atomic E-state index is 12.6. The summed E-state index contributed by atoms with van der Waals surface area (Å²) in [5, 5.41) is 0. The van der Waals surface area contributed by atoms with Crippen molar-refractivity contribution in [2.75, 3.05) is 19.0 Å². The van der Waals surface area contributed by atoms with E-state index in [2.05, 4.69) is 4.98 Å². The van der Waals surface area contributed by atoms with E-state index in [0.717, 1.165) is 17.8 Å². The van der Waals surface area contributed by atoms with Crippen LogP contribution in [0.2, 0.25) is 0 Å². The molecule has 0 spiro atoms. The van der Waals surface area contributed by atoms with Gasteiger partial charge in [0.05, 0.1) is 5.56 Å². The third-order valence-corrected chi connectivity index (χ3v) is 3.78.